The molecule has 1 saturated heterocycles. The number of ether oxygens (including phenoxy) is 2. The first-order chi connectivity index (χ1) is 12.1. The third-order valence-corrected chi connectivity index (χ3v) is 5.66. The highest BCUT2D eigenvalue weighted by molar-refractivity contribution is 14.1. The predicted molar refractivity (Wildman–Crippen MR) is 99.5 cm³/mol. The van der Waals surface area contributed by atoms with E-state index < -0.39 is 0 Å². The molecule has 1 amide bonds. The zero-order chi connectivity index (χ0) is 17.4. The van der Waals surface area contributed by atoms with Crippen LogP contribution in [0.15, 0.2) is 12.3 Å². The van der Waals surface area contributed by atoms with Gasteiger partial charge >= 0.3 is 0 Å². The van der Waals surface area contributed by atoms with Gasteiger partial charge in [-0.3, -0.25) is 4.79 Å². The van der Waals surface area contributed by atoms with E-state index in [2.05, 4.69) is 42.9 Å². The molecule has 0 radical (unpaired) electrons. The minimum atomic E-state index is -0.0373. The molecule has 132 valence electrons. The van der Waals surface area contributed by atoms with E-state index in [0.717, 1.165) is 32.6 Å². The maximum atomic E-state index is 12.4. The number of aryl methyl sites for hydroxylation is 1. The Morgan fingerprint density at radius 1 is 1.40 bits per heavy atom. The summed E-state index contributed by atoms with van der Waals surface area (Å²) in [5.41, 5.74) is 3.36. The molecule has 0 bridgehead atoms. The Balaban J connectivity index is 1.69. The average molecular weight is 454 g/mol. The second-order valence-corrected chi connectivity index (χ2v) is 7.38. The normalized spacial score (nSPS) is 23.2. The molecule has 1 fully saturated rings. The van der Waals surface area contributed by atoms with Gasteiger partial charge in [0.15, 0.2) is 0 Å². The summed E-state index contributed by atoms with van der Waals surface area (Å²) in [7, 11) is 0. The summed E-state index contributed by atoms with van der Waals surface area (Å²) >= 11 is 2.22. The van der Waals surface area contributed by atoms with Crippen molar-refractivity contribution < 1.29 is 14.3 Å². The van der Waals surface area contributed by atoms with E-state index in [0.29, 0.717) is 32.2 Å². The van der Waals surface area contributed by atoms with Crippen LogP contribution in [0.4, 0.5) is 0 Å². The molecule has 0 saturated carbocycles. The molecule has 8 heteroatoms. The number of nitrogens with one attached hydrogen (secondary N) is 2. The fourth-order valence-electron chi connectivity index (χ4n) is 3.39. The predicted octanol–water partition coefficient (Wildman–Crippen LogP) is 2.02. The van der Waals surface area contributed by atoms with E-state index in [1.807, 2.05) is 13.0 Å². The van der Waals surface area contributed by atoms with Gasteiger partial charge in [0.05, 0.1) is 46.4 Å². The Bertz CT molecular complexity index is 801. The van der Waals surface area contributed by atoms with Crippen LogP contribution in [0.25, 0.3) is 11.4 Å². The number of carbonyl (C=O) groups excluding carboxylic acids is 1. The van der Waals surface area contributed by atoms with Crippen LogP contribution in [0.5, 0.6) is 0 Å². The van der Waals surface area contributed by atoms with Crippen molar-refractivity contribution >= 4 is 28.5 Å². The van der Waals surface area contributed by atoms with Crippen LogP contribution in [-0.2, 0) is 9.47 Å². The first-order valence-electron chi connectivity index (χ1n) is 8.32. The first-order valence-corrected chi connectivity index (χ1v) is 9.40. The number of amides is 1. The minimum Gasteiger partial charge on any atom is -0.376 e. The van der Waals surface area contributed by atoms with E-state index in [9.17, 15) is 4.79 Å². The van der Waals surface area contributed by atoms with E-state index in [1.54, 1.807) is 6.20 Å². The second-order valence-electron chi connectivity index (χ2n) is 6.30. The van der Waals surface area contributed by atoms with Gasteiger partial charge in [-0.05, 0) is 42.0 Å². The van der Waals surface area contributed by atoms with Gasteiger partial charge < -0.3 is 19.8 Å². The fourth-order valence-corrected chi connectivity index (χ4v) is 4.34. The lowest BCUT2D eigenvalue weighted by Crippen LogP contribution is -2.38. The van der Waals surface area contributed by atoms with Gasteiger partial charge in [0.1, 0.15) is 5.82 Å². The highest BCUT2D eigenvalue weighted by Crippen LogP contribution is 2.36. The van der Waals surface area contributed by atoms with E-state index in [1.165, 1.54) is 0 Å². The van der Waals surface area contributed by atoms with Gasteiger partial charge in [0.2, 0.25) is 0 Å². The van der Waals surface area contributed by atoms with Crippen molar-refractivity contribution in [2.75, 3.05) is 26.4 Å². The summed E-state index contributed by atoms with van der Waals surface area (Å²) in [6, 6.07) is 1.86. The van der Waals surface area contributed by atoms with Crippen LogP contribution in [0.3, 0.4) is 0 Å². The van der Waals surface area contributed by atoms with Crippen LogP contribution >= 0.6 is 22.6 Å². The molecule has 2 aliphatic heterocycles. The second kappa shape index (κ2) is 7.00. The molecule has 7 nitrogen and oxygen atoms in total. The average Bonchev–Trinajstić information content (AvgIpc) is 2.97. The lowest BCUT2D eigenvalue weighted by Gasteiger charge is -2.29. The molecule has 0 spiro atoms. The van der Waals surface area contributed by atoms with Crippen molar-refractivity contribution in [3.05, 3.63) is 32.9 Å². The molecule has 4 heterocycles. The van der Waals surface area contributed by atoms with Gasteiger partial charge in [-0.25, -0.2) is 9.97 Å². The van der Waals surface area contributed by atoms with Crippen molar-refractivity contribution in [3.63, 3.8) is 0 Å². The van der Waals surface area contributed by atoms with Crippen LogP contribution in [0.1, 0.15) is 34.2 Å². The SMILES string of the molecule is Cc1nccc(-c2[nH]c3c(c2I)C(=O)NCC3C[C@H]2COCCO2)n1. The van der Waals surface area contributed by atoms with Crippen LogP contribution in [0.2, 0.25) is 0 Å². The van der Waals surface area contributed by atoms with Gasteiger partial charge in [-0.1, -0.05) is 0 Å². The Hall–Kier alpha value is -1.52. The van der Waals surface area contributed by atoms with Crippen LogP contribution in [-0.4, -0.2) is 53.3 Å². The number of fused-ring (bicyclic) bond motifs is 1. The third-order valence-electron chi connectivity index (χ3n) is 4.58. The van der Waals surface area contributed by atoms with E-state index in [4.69, 9.17) is 9.47 Å². The molecule has 2 aromatic rings. The lowest BCUT2D eigenvalue weighted by molar-refractivity contribution is -0.0928. The molecular weight excluding hydrogens is 435 g/mol. The lowest BCUT2D eigenvalue weighted by atomic mass is 9.92. The summed E-state index contributed by atoms with van der Waals surface area (Å²) in [6.07, 6.45) is 2.61. The zero-order valence-electron chi connectivity index (χ0n) is 13.8. The summed E-state index contributed by atoms with van der Waals surface area (Å²) in [5.74, 6) is 0.837. The van der Waals surface area contributed by atoms with E-state index in [-0.39, 0.29) is 17.9 Å². The van der Waals surface area contributed by atoms with Crippen molar-refractivity contribution in [2.45, 2.75) is 25.4 Å². The largest absolute Gasteiger partial charge is 0.376 e. The Morgan fingerprint density at radius 3 is 3.04 bits per heavy atom. The first kappa shape index (κ1) is 16.9. The van der Waals surface area contributed by atoms with Gasteiger partial charge in [0, 0.05) is 24.4 Å². The number of hydrogen-bond acceptors (Lipinski definition) is 5. The molecule has 0 aromatic carbocycles. The minimum absolute atomic E-state index is 0.0373. The molecule has 4 rings (SSSR count). The van der Waals surface area contributed by atoms with Crippen molar-refractivity contribution in [3.8, 4) is 11.4 Å². The summed E-state index contributed by atoms with van der Waals surface area (Å²) in [6.45, 7) is 4.35. The standard InChI is InChI=1S/C17H19IN4O3/c1-9-19-3-2-12(21-9)16-14(18)13-15(22-16)10(7-20-17(13)23)6-11-8-24-4-5-25-11/h2-3,10-11,22H,4-8H2,1H3,(H,20,23)/t10?,11-/m0/s1. The monoisotopic (exact) mass is 454 g/mol. The van der Waals surface area contributed by atoms with Crippen molar-refractivity contribution in [1.29, 1.82) is 0 Å². The molecule has 2 aliphatic rings. The molecule has 25 heavy (non-hydrogen) atoms. The Labute approximate surface area is 159 Å². The number of hydrogen-bond donors (Lipinski definition) is 2. The number of rotatable bonds is 3. The molecule has 2 N–H and O–H groups in total. The van der Waals surface area contributed by atoms with Crippen molar-refractivity contribution in [1.82, 2.24) is 20.3 Å². The van der Waals surface area contributed by atoms with Crippen LogP contribution in [0, 0.1) is 10.5 Å². The summed E-state index contributed by atoms with van der Waals surface area (Å²) in [5, 5.41) is 3.00. The van der Waals surface area contributed by atoms with Crippen molar-refractivity contribution in [2.24, 2.45) is 0 Å². The molecule has 2 atom stereocenters. The third kappa shape index (κ3) is 3.30. The Kier molecular flexibility index (Phi) is 4.74. The zero-order valence-corrected chi connectivity index (χ0v) is 16.0. The van der Waals surface area contributed by atoms with E-state index >= 15 is 0 Å². The highest BCUT2D eigenvalue weighted by atomic mass is 127. The van der Waals surface area contributed by atoms with Gasteiger partial charge in [-0.15, -0.1) is 0 Å². The fraction of sp³-hybridized carbons (Fsp3) is 0.471. The number of halogens is 1. The number of carbonyl (C=O) groups is 1. The molecule has 0 aliphatic carbocycles. The highest BCUT2D eigenvalue weighted by Gasteiger charge is 2.33. The molecule has 2 aromatic heterocycles. The molecular formula is C17H19IN4O3. The molecule has 1 unspecified atom stereocenters. The number of H-pyrrole nitrogens is 1. The Morgan fingerprint density at radius 2 is 2.28 bits per heavy atom. The number of aromatic amines is 1. The quantitative estimate of drug-likeness (QED) is 0.693. The van der Waals surface area contributed by atoms with Gasteiger partial charge in [0.25, 0.3) is 5.91 Å². The number of aromatic nitrogens is 3. The summed E-state index contributed by atoms with van der Waals surface area (Å²) in [4.78, 5) is 24.5. The topological polar surface area (TPSA) is 89.1 Å². The number of nitrogens with zero attached hydrogens (tertiary/aromatic N) is 2. The van der Waals surface area contributed by atoms with Crippen LogP contribution < -0.4 is 5.32 Å². The van der Waals surface area contributed by atoms with Gasteiger partial charge in [-0.2, -0.15) is 0 Å². The maximum Gasteiger partial charge on any atom is 0.254 e. The maximum absolute atomic E-state index is 12.4. The summed E-state index contributed by atoms with van der Waals surface area (Å²) < 4.78 is 12.2. The smallest absolute Gasteiger partial charge is 0.254 e.